The first-order chi connectivity index (χ1) is 9.08. The Bertz CT molecular complexity index is 490. The van der Waals surface area contributed by atoms with Gasteiger partial charge in [-0.3, -0.25) is 10.1 Å². The molecule has 0 spiro atoms. The van der Waals surface area contributed by atoms with Crippen molar-refractivity contribution in [2.75, 3.05) is 11.9 Å². The van der Waals surface area contributed by atoms with Crippen LogP contribution in [0.3, 0.4) is 0 Å². The molecular weight excluding hydrogens is 256 g/mol. The minimum atomic E-state index is -0.355. The topological polar surface area (TPSA) is 73.0 Å². The van der Waals surface area contributed by atoms with Gasteiger partial charge in [0, 0.05) is 12.6 Å². The highest BCUT2D eigenvalue weighted by Gasteiger charge is 2.29. The number of hydrogen-bond donors (Lipinski definition) is 1. The lowest BCUT2D eigenvalue weighted by molar-refractivity contribution is -0.384. The maximum atomic E-state index is 11.2. The maximum absolute atomic E-state index is 11.2. The summed E-state index contributed by atoms with van der Waals surface area (Å²) in [6.07, 6.45) is 0. The Morgan fingerprint density at radius 2 is 1.90 bits per heavy atom. The molecule has 0 unspecified atom stereocenters. The summed E-state index contributed by atoms with van der Waals surface area (Å²) < 4.78 is 1.70. The van der Waals surface area contributed by atoms with Gasteiger partial charge in [0.25, 0.3) is 0 Å². The molecule has 1 rings (SSSR count). The van der Waals surface area contributed by atoms with Crippen LogP contribution in [0.25, 0.3) is 0 Å². The summed E-state index contributed by atoms with van der Waals surface area (Å²) in [6, 6.07) is 0.0760. The van der Waals surface area contributed by atoms with Crippen LogP contribution in [0.2, 0.25) is 0 Å². The number of rotatable bonds is 6. The Kier molecular flexibility index (Phi) is 4.78. The summed E-state index contributed by atoms with van der Waals surface area (Å²) in [5.41, 5.74) is 0.584. The highest BCUT2D eigenvalue weighted by molar-refractivity contribution is 5.59. The molecule has 0 radical (unpaired) electrons. The number of aryl methyl sites for hydroxylation is 1. The molecule has 0 saturated carbocycles. The van der Waals surface area contributed by atoms with Crippen LogP contribution < -0.4 is 5.32 Å². The van der Waals surface area contributed by atoms with Crippen LogP contribution in [0, 0.1) is 28.4 Å². The number of hydrogen-bond acceptors (Lipinski definition) is 4. The molecule has 114 valence electrons. The number of aromatic nitrogens is 2. The van der Waals surface area contributed by atoms with Crippen LogP contribution in [0.1, 0.15) is 53.3 Å². The molecule has 0 aromatic carbocycles. The van der Waals surface area contributed by atoms with Crippen molar-refractivity contribution < 1.29 is 4.92 Å². The molecule has 0 atom stereocenters. The van der Waals surface area contributed by atoms with Gasteiger partial charge in [-0.15, -0.1) is 0 Å². The van der Waals surface area contributed by atoms with Gasteiger partial charge in [0.15, 0.2) is 0 Å². The van der Waals surface area contributed by atoms with Crippen LogP contribution in [0.4, 0.5) is 11.5 Å². The minimum Gasteiger partial charge on any atom is -0.364 e. The number of anilines is 1. The van der Waals surface area contributed by atoms with Crippen molar-refractivity contribution in [3.05, 3.63) is 15.8 Å². The van der Waals surface area contributed by atoms with Gasteiger partial charge in [-0.1, -0.05) is 27.7 Å². The average Bonchev–Trinajstić information content (AvgIpc) is 2.63. The summed E-state index contributed by atoms with van der Waals surface area (Å²) in [7, 11) is 0. The quantitative estimate of drug-likeness (QED) is 0.636. The fraction of sp³-hybridized carbons (Fsp3) is 0.786. The molecule has 0 saturated heterocycles. The molecule has 1 aromatic rings. The van der Waals surface area contributed by atoms with E-state index in [0.29, 0.717) is 24.0 Å². The van der Waals surface area contributed by atoms with Crippen LogP contribution in [-0.4, -0.2) is 21.2 Å². The van der Waals surface area contributed by atoms with Gasteiger partial charge in [0.1, 0.15) is 5.69 Å². The lowest BCUT2D eigenvalue weighted by Crippen LogP contribution is -2.29. The third kappa shape index (κ3) is 3.29. The molecule has 0 aliphatic heterocycles. The van der Waals surface area contributed by atoms with Crippen molar-refractivity contribution in [3.63, 3.8) is 0 Å². The fourth-order valence-electron chi connectivity index (χ4n) is 1.81. The molecular formula is C14H26N4O2. The summed E-state index contributed by atoms with van der Waals surface area (Å²) in [4.78, 5) is 10.9. The standard InChI is InChI=1S/C14H26N4O2/c1-9(2)14(6,7)8-15-13-12(18(19)20)11(5)16-17(13)10(3)4/h9-10,15H,8H2,1-7H3. The van der Waals surface area contributed by atoms with Gasteiger partial charge in [0.2, 0.25) is 5.82 Å². The average molecular weight is 282 g/mol. The van der Waals surface area contributed by atoms with Gasteiger partial charge >= 0.3 is 5.69 Å². The monoisotopic (exact) mass is 282 g/mol. The van der Waals surface area contributed by atoms with Gasteiger partial charge < -0.3 is 5.32 Å². The summed E-state index contributed by atoms with van der Waals surface area (Å²) in [5, 5.41) is 18.8. The zero-order valence-corrected chi connectivity index (χ0v) is 13.5. The molecule has 1 N–H and O–H groups in total. The van der Waals surface area contributed by atoms with E-state index >= 15 is 0 Å². The molecule has 20 heavy (non-hydrogen) atoms. The largest absolute Gasteiger partial charge is 0.364 e. The highest BCUT2D eigenvalue weighted by atomic mass is 16.6. The van der Waals surface area contributed by atoms with E-state index in [4.69, 9.17) is 0 Å². The molecule has 1 aromatic heterocycles. The molecule has 6 nitrogen and oxygen atoms in total. The number of nitrogens with one attached hydrogen (secondary N) is 1. The number of nitrogens with zero attached hydrogens (tertiary/aromatic N) is 3. The Morgan fingerprint density at radius 3 is 2.30 bits per heavy atom. The van der Waals surface area contributed by atoms with E-state index in [0.717, 1.165) is 0 Å². The van der Waals surface area contributed by atoms with Gasteiger partial charge in [-0.2, -0.15) is 5.10 Å². The smallest absolute Gasteiger partial charge is 0.333 e. The van der Waals surface area contributed by atoms with Gasteiger partial charge in [-0.05, 0) is 32.1 Å². The van der Waals surface area contributed by atoms with Crippen molar-refractivity contribution in [3.8, 4) is 0 Å². The van der Waals surface area contributed by atoms with Crippen LogP contribution in [0.15, 0.2) is 0 Å². The lowest BCUT2D eigenvalue weighted by Gasteiger charge is -2.29. The summed E-state index contributed by atoms with van der Waals surface area (Å²) >= 11 is 0. The van der Waals surface area contributed by atoms with E-state index in [-0.39, 0.29) is 22.1 Å². The predicted molar refractivity (Wildman–Crippen MR) is 81.1 cm³/mol. The molecule has 0 aliphatic rings. The lowest BCUT2D eigenvalue weighted by atomic mass is 9.81. The van der Waals surface area contributed by atoms with E-state index in [2.05, 4.69) is 38.1 Å². The van der Waals surface area contributed by atoms with E-state index in [1.165, 1.54) is 0 Å². The Hall–Kier alpha value is -1.59. The first-order valence-electron chi connectivity index (χ1n) is 7.05. The summed E-state index contributed by atoms with van der Waals surface area (Å²) in [6.45, 7) is 14.9. The van der Waals surface area contributed by atoms with Crippen LogP contribution in [-0.2, 0) is 0 Å². The molecule has 0 bridgehead atoms. The Morgan fingerprint density at radius 1 is 1.35 bits per heavy atom. The zero-order valence-electron chi connectivity index (χ0n) is 13.5. The fourth-order valence-corrected chi connectivity index (χ4v) is 1.81. The third-order valence-electron chi connectivity index (χ3n) is 4.00. The zero-order chi connectivity index (χ0) is 15.7. The van der Waals surface area contributed by atoms with E-state index in [1.54, 1.807) is 11.6 Å². The second kappa shape index (κ2) is 5.81. The first kappa shape index (κ1) is 16.5. The van der Waals surface area contributed by atoms with Crippen molar-refractivity contribution in [1.82, 2.24) is 9.78 Å². The second-order valence-electron chi connectivity index (χ2n) is 6.57. The molecule has 6 heteroatoms. The molecule has 0 fully saturated rings. The third-order valence-corrected chi connectivity index (χ3v) is 4.00. The first-order valence-corrected chi connectivity index (χ1v) is 7.05. The highest BCUT2D eigenvalue weighted by Crippen LogP contribution is 2.33. The molecule has 1 heterocycles. The van der Waals surface area contributed by atoms with E-state index < -0.39 is 0 Å². The van der Waals surface area contributed by atoms with Crippen LogP contribution in [0.5, 0.6) is 0 Å². The van der Waals surface area contributed by atoms with E-state index in [9.17, 15) is 10.1 Å². The Labute approximate surface area is 120 Å². The van der Waals surface area contributed by atoms with Gasteiger partial charge in [-0.25, -0.2) is 4.68 Å². The molecule has 0 amide bonds. The second-order valence-corrected chi connectivity index (χ2v) is 6.57. The number of nitro groups is 1. The Balaban J connectivity index is 3.13. The molecule has 0 aliphatic carbocycles. The predicted octanol–water partition coefficient (Wildman–Crippen LogP) is 3.77. The van der Waals surface area contributed by atoms with E-state index in [1.807, 2.05) is 13.8 Å². The maximum Gasteiger partial charge on any atom is 0.333 e. The van der Waals surface area contributed by atoms with Crippen molar-refractivity contribution in [2.45, 2.75) is 54.5 Å². The van der Waals surface area contributed by atoms with Gasteiger partial charge in [0.05, 0.1) is 4.92 Å². The SMILES string of the molecule is Cc1nn(C(C)C)c(NCC(C)(C)C(C)C)c1[N+](=O)[O-]. The van der Waals surface area contributed by atoms with Crippen molar-refractivity contribution >= 4 is 11.5 Å². The summed E-state index contributed by atoms with van der Waals surface area (Å²) in [5.74, 6) is 0.988. The van der Waals surface area contributed by atoms with Crippen molar-refractivity contribution in [2.24, 2.45) is 11.3 Å². The van der Waals surface area contributed by atoms with Crippen molar-refractivity contribution in [1.29, 1.82) is 0 Å². The minimum absolute atomic E-state index is 0.0495. The normalized spacial score (nSPS) is 12.2. The van der Waals surface area contributed by atoms with Crippen LogP contribution >= 0.6 is 0 Å².